The molecule has 2 N–H and O–H groups in total. The van der Waals surface area contributed by atoms with Gasteiger partial charge in [-0.2, -0.15) is 0 Å². The van der Waals surface area contributed by atoms with Gasteiger partial charge < -0.3 is 10.6 Å². The van der Waals surface area contributed by atoms with Crippen LogP contribution in [0, 0.1) is 17.6 Å². The van der Waals surface area contributed by atoms with Gasteiger partial charge in [-0.3, -0.25) is 14.5 Å². The van der Waals surface area contributed by atoms with E-state index in [0.717, 1.165) is 32.0 Å². The van der Waals surface area contributed by atoms with Crippen molar-refractivity contribution in [3.8, 4) is 0 Å². The van der Waals surface area contributed by atoms with Gasteiger partial charge in [0.15, 0.2) is 0 Å². The molecule has 3 rings (SSSR count). The van der Waals surface area contributed by atoms with Gasteiger partial charge in [0.1, 0.15) is 11.6 Å². The normalized spacial score (nSPS) is 23.0. The summed E-state index contributed by atoms with van der Waals surface area (Å²) in [6, 6.07) is 3.67. The van der Waals surface area contributed by atoms with E-state index in [1.165, 1.54) is 12.1 Å². The summed E-state index contributed by atoms with van der Waals surface area (Å²) in [5.41, 5.74) is 5.91. The summed E-state index contributed by atoms with van der Waals surface area (Å²) >= 11 is 0. The van der Waals surface area contributed by atoms with Crippen molar-refractivity contribution in [2.75, 3.05) is 19.6 Å². The van der Waals surface area contributed by atoms with E-state index in [-0.39, 0.29) is 24.3 Å². The van der Waals surface area contributed by atoms with Gasteiger partial charge in [-0.15, -0.1) is 0 Å². The van der Waals surface area contributed by atoms with E-state index in [9.17, 15) is 18.4 Å². The lowest BCUT2D eigenvalue weighted by Gasteiger charge is -2.36. The Morgan fingerprint density at radius 3 is 2.33 bits per heavy atom. The predicted molar refractivity (Wildman–Crippen MR) is 83.7 cm³/mol. The van der Waals surface area contributed by atoms with Crippen LogP contribution in [0.2, 0.25) is 0 Å². The number of hydrogen-bond donors (Lipinski definition) is 1. The van der Waals surface area contributed by atoms with Crippen molar-refractivity contribution < 1.29 is 18.4 Å². The van der Waals surface area contributed by atoms with Gasteiger partial charge in [0.05, 0.1) is 5.92 Å². The number of rotatable bonds is 4. The Morgan fingerprint density at radius 2 is 1.79 bits per heavy atom. The fourth-order valence-corrected chi connectivity index (χ4v) is 3.62. The lowest BCUT2D eigenvalue weighted by Crippen LogP contribution is -2.45. The van der Waals surface area contributed by atoms with E-state index in [2.05, 4.69) is 4.90 Å². The molecular weight excluding hydrogens is 316 g/mol. The van der Waals surface area contributed by atoms with Gasteiger partial charge in [-0.25, -0.2) is 8.78 Å². The Hall–Kier alpha value is -2.02. The molecule has 0 radical (unpaired) electrons. The van der Waals surface area contributed by atoms with Gasteiger partial charge in [-0.1, -0.05) is 0 Å². The highest BCUT2D eigenvalue weighted by atomic mass is 19.1. The molecule has 1 aromatic carbocycles. The number of nitrogens with two attached hydrogens (primary N) is 1. The number of piperidine rings is 1. The van der Waals surface area contributed by atoms with Crippen molar-refractivity contribution in [1.82, 2.24) is 9.80 Å². The molecule has 5 nitrogen and oxygen atoms in total. The average Bonchev–Trinajstić information content (AvgIpc) is 2.89. The summed E-state index contributed by atoms with van der Waals surface area (Å²) in [4.78, 5) is 27.2. The summed E-state index contributed by atoms with van der Waals surface area (Å²) in [5, 5.41) is 0. The topological polar surface area (TPSA) is 66.6 Å². The molecule has 2 aliphatic rings. The maximum absolute atomic E-state index is 13.3. The third-order valence-corrected chi connectivity index (χ3v) is 4.89. The highest BCUT2D eigenvalue weighted by Crippen LogP contribution is 2.26. The zero-order chi connectivity index (χ0) is 17.3. The van der Waals surface area contributed by atoms with E-state index in [4.69, 9.17) is 5.73 Å². The minimum absolute atomic E-state index is 0.00977. The maximum Gasteiger partial charge on any atom is 0.223 e. The van der Waals surface area contributed by atoms with Crippen LogP contribution in [0.5, 0.6) is 0 Å². The molecule has 1 atom stereocenters. The number of primary amides is 1. The zero-order valence-corrected chi connectivity index (χ0v) is 13.4. The Labute approximate surface area is 139 Å². The minimum Gasteiger partial charge on any atom is -0.369 e. The third kappa shape index (κ3) is 3.72. The second-order valence-electron chi connectivity index (χ2n) is 6.63. The van der Waals surface area contributed by atoms with E-state index in [1.807, 2.05) is 0 Å². The van der Waals surface area contributed by atoms with Gasteiger partial charge in [0, 0.05) is 44.7 Å². The molecule has 0 aromatic heterocycles. The summed E-state index contributed by atoms with van der Waals surface area (Å²) in [6.45, 7) is 2.38. The summed E-state index contributed by atoms with van der Waals surface area (Å²) in [5.74, 6) is -1.95. The molecule has 0 saturated carbocycles. The molecule has 2 heterocycles. The third-order valence-electron chi connectivity index (χ3n) is 4.89. The number of carbonyl (C=O) groups is 2. The Morgan fingerprint density at radius 1 is 1.17 bits per heavy atom. The van der Waals surface area contributed by atoms with Crippen molar-refractivity contribution in [1.29, 1.82) is 0 Å². The van der Waals surface area contributed by atoms with Crippen LogP contribution in [0.3, 0.4) is 0 Å². The first-order valence-corrected chi connectivity index (χ1v) is 8.18. The lowest BCUT2D eigenvalue weighted by molar-refractivity contribution is -0.130. The van der Waals surface area contributed by atoms with E-state index >= 15 is 0 Å². The number of nitrogens with zero attached hydrogens (tertiary/aromatic N) is 2. The molecule has 2 aliphatic heterocycles. The van der Waals surface area contributed by atoms with Crippen LogP contribution >= 0.6 is 0 Å². The molecule has 2 saturated heterocycles. The van der Waals surface area contributed by atoms with Gasteiger partial charge in [0.25, 0.3) is 0 Å². The molecule has 1 aromatic rings. The molecule has 0 spiro atoms. The quantitative estimate of drug-likeness (QED) is 0.900. The van der Waals surface area contributed by atoms with Crippen molar-refractivity contribution in [2.24, 2.45) is 11.7 Å². The average molecular weight is 337 g/mol. The first-order valence-electron chi connectivity index (χ1n) is 8.18. The summed E-state index contributed by atoms with van der Waals surface area (Å²) < 4.78 is 26.5. The molecule has 2 amide bonds. The fourth-order valence-electron chi connectivity index (χ4n) is 3.62. The molecule has 24 heavy (non-hydrogen) atoms. The van der Waals surface area contributed by atoms with Crippen LogP contribution in [-0.4, -0.2) is 47.3 Å². The van der Waals surface area contributed by atoms with Crippen molar-refractivity contribution >= 4 is 11.8 Å². The van der Waals surface area contributed by atoms with E-state index < -0.39 is 17.5 Å². The van der Waals surface area contributed by atoms with Crippen LogP contribution in [0.15, 0.2) is 18.2 Å². The number of benzene rings is 1. The Bertz CT molecular complexity index is 624. The summed E-state index contributed by atoms with van der Waals surface area (Å²) in [6.07, 6.45) is 1.78. The molecule has 0 aliphatic carbocycles. The van der Waals surface area contributed by atoms with E-state index in [0.29, 0.717) is 18.7 Å². The second kappa shape index (κ2) is 6.84. The maximum atomic E-state index is 13.3. The van der Waals surface area contributed by atoms with Crippen LogP contribution in [0.1, 0.15) is 24.8 Å². The molecule has 0 bridgehead atoms. The smallest absolute Gasteiger partial charge is 0.223 e. The Kier molecular flexibility index (Phi) is 4.80. The van der Waals surface area contributed by atoms with Crippen molar-refractivity contribution in [2.45, 2.75) is 31.8 Å². The van der Waals surface area contributed by atoms with Crippen LogP contribution in [0.25, 0.3) is 0 Å². The number of halogens is 2. The standard InChI is InChI=1S/C17H21F2N3O2/c18-13-5-11(6-14(19)8-13)9-21-3-1-15(2-4-21)22-10-12(17(20)24)7-16(22)23/h5-6,8,12,15H,1-4,7,9-10H2,(H2,20,24). The molecule has 130 valence electrons. The molecular formula is C17H21F2N3O2. The van der Waals surface area contributed by atoms with E-state index in [1.54, 1.807) is 4.90 Å². The van der Waals surface area contributed by atoms with Gasteiger partial charge >= 0.3 is 0 Å². The lowest BCUT2D eigenvalue weighted by atomic mass is 10.0. The van der Waals surface area contributed by atoms with Crippen molar-refractivity contribution in [3.05, 3.63) is 35.4 Å². The highest BCUT2D eigenvalue weighted by molar-refractivity contribution is 5.88. The predicted octanol–water partition coefficient (Wildman–Crippen LogP) is 1.26. The molecule has 2 fully saturated rings. The number of amides is 2. The van der Waals surface area contributed by atoms with Gasteiger partial charge in [0.2, 0.25) is 11.8 Å². The summed E-state index contributed by atoms with van der Waals surface area (Å²) in [7, 11) is 0. The highest BCUT2D eigenvalue weighted by Gasteiger charge is 2.37. The number of hydrogen-bond acceptors (Lipinski definition) is 3. The monoisotopic (exact) mass is 337 g/mol. The van der Waals surface area contributed by atoms with Crippen molar-refractivity contribution in [3.63, 3.8) is 0 Å². The van der Waals surface area contributed by atoms with Gasteiger partial charge in [-0.05, 0) is 30.5 Å². The molecule has 1 unspecified atom stereocenters. The first-order chi connectivity index (χ1) is 11.4. The Balaban J connectivity index is 1.54. The van der Waals surface area contributed by atoms with Crippen LogP contribution in [-0.2, 0) is 16.1 Å². The van der Waals surface area contributed by atoms with Crippen LogP contribution < -0.4 is 5.73 Å². The zero-order valence-electron chi connectivity index (χ0n) is 13.4. The minimum atomic E-state index is -0.569. The number of likely N-dealkylation sites (tertiary alicyclic amines) is 2. The van der Waals surface area contributed by atoms with Crippen LogP contribution in [0.4, 0.5) is 8.78 Å². The molecule has 7 heteroatoms. The SMILES string of the molecule is NC(=O)C1CC(=O)N(C2CCN(Cc3cc(F)cc(F)c3)CC2)C1. The first kappa shape index (κ1) is 16.8. The second-order valence-corrected chi connectivity index (χ2v) is 6.63. The largest absolute Gasteiger partial charge is 0.369 e. The number of carbonyl (C=O) groups excluding carboxylic acids is 2. The fraction of sp³-hybridized carbons (Fsp3) is 0.529.